The Labute approximate surface area is 115 Å². The Balaban J connectivity index is 2.05. The number of hydrogen-bond acceptors (Lipinski definition) is 2. The first-order chi connectivity index (χ1) is 8.93. The number of carboxylic acid groups (broad SMARTS) is 1. The number of rotatable bonds is 4. The van der Waals surface area contributed by atoms with Crippen molar-refractivity contribution in [2.24, 2.45) is 11.3 Å². The van der Waals surface area contributed by atoms with Gasteiger partial charge < -0.3 is 5.11 Å². The Morgan fingerprint density at radius 3 is 2.58 bits per heavy atom. The molecule has 0 saturated carbocycles. The highest BCUT2D eigenvalue weighted by Gasteiger charge is 2.41. The molecule has 1 aliphatic heterocycles. The lowest BCUT2D eigenvalue weighted by atomic mass is 9.78. The molecular weight excluding hydrogens is 238 g/mol. The van der Waals surface area contributed by atoms with Crippen LogP contribution in [0.2, 0.25) is 0 Å². The number of carboxylic acids is 1. The van der Waals surface area contributed by atoms with Crippen molar-refractivity contribution in [3.8, 4) is 0 Å². The largest absolute Gasteiger partial charge is 0.481 e. The molecule has 0 spiro atoms. The Morgan fingerprint density at radius 2 is 2.00 bits per heavy atom. The SMILES string of the molecule is C[C@H](c1ccccc1)N1CC[C@@H](C(C)(C)C(=O)O)C1. The number of carbonyl (C=O) groups is 1. The number of likely N-dealkylation sites (tertiary alicyclic amines) is 1. The topological polar surface area (TPSA) is 40.5 Å². The van der Waals surface area contributed by atoms with Gasteiger partial charge in [0.25, 0.3) is 0 Å². The highest BCUT2D eigenvalue weighted by atomic mass is 16.4. The van der Waals surface area contributed by atoms with E-state index in [4.69, 9.17) is 0 Å². The molecule has 2 rings (SSSR count). The number of benzene rings is 1. The molecule has 0 amide bonds. The van der Waals surface area contributed by atoms with Gasteiger partial charge in [0.1, 0.15) is 0 Å². The summed E-state index contributed by atoms with van der Waals surface area (Å²) in [4.78, 5) is 13.7. The zero-order valence-corrected chi connectivity index (χ0v) is 12.0. The summed E-state index contributed by atoms with van der Waals surface area (Å²) in [6.45, 7) is 7.74. The highest BCUT2D eigenvalue weighted by molar-refractivity contribution is 5.74. The van der Waals surface area contributed by atoms with Crippen LogP contribution in [-0.4, -0.2) is 29.1 Å². The Hall–Kier alpha value is -1.35. The fourth-order valence-electron chi connectivity index (χ4n) is 2.85. The van der Waals surface area contributed by atoms with Crippen molar-refractivity contribution >= 4 is 5.97 Å². The van der Waals surface area contributed by atoms with Gasteiger partial charge >= 0.3 is 5.97 Å². The lowest BCUT2D eigenvalue weighted by molar-refractivity contribution is -0.149. The van der Waals surface area contributed by atoms with E-state index >= 15 is 0 Å². The van der Waals surface area contributed by atoms with Crippen LogP contribution in [0.25, 0.3) is 0 Å². The predicted octanol–water partition coefficient (Wildman–Crippen LogP) is 3.18. The molecule has 1 saturated heterocycles. The van der Waals surface area contributed by atoms with Crippen LogP contribution in [-0.2, 0) is 4.79 Å². The van der Waals surface area contributed by atoms with E-state index in [-0.39, 0.29) is 5.92 Å². The normalized spacial score (nSPS) is 22.4. The summed E-state index contributed by atoms with van der Waals surface area (Å²) >= 11 is 0. The first kappa shape index (κ1) is 14.1. The summed E-state index contributed by atoms with van der Waals surface area (Å²) in [5.41, 5.74) is 0.668. The van der Waals surface area contributed by atoms with Crippen LogP contribution in [0.1, 0.15) is 38.8 Å². The van der Waals surface area contributed by atoms with Crippen LogP contribution >= 0.6 is 0 Å². The van der Waals surface area contributed by atoms with Gasteiger partial charge in [-0.05, 0) is 45.2 Å². The van der Waals surface area contributed by atoms with E-state index in [1.54, 1.807) is 0 Å². The molecule has 3 heteroatoms. The zero-order chi connectivity index (χ0) is 14.0. The molecule has 3 nitrogen and oxygen atoms in total. The molecule has 2 atom stereocenters. The van der Waals surface area contributed by atoms with Gasteiger partial charge in [-0.3, -0.25) is 9.69 Å². The fraction of sp³-hybridized carbons (Fsp3) is 0.562. The second-order valence-electron chi connectivity index (χ2n) is 6.09. The monoisotopic (exact) mass is 261 g/mol. The van der Waals surface area contributed by atoms with Crippen molar-refractivity contribution in [1.82, 2.24) is 4.90 Å². The fourth-order valence-corrected chi connectivity index (χ4v) is 2.85. The first-order valence-electron chi connectivity index (χ1n) is 6.95. The van der Waals surface area contributed by atoms with Gasteiger partial charge in [-0.2, -0.15) is 0 Å². The van der Waals surface area contributed by atoms with Gasteiger partial charge in [-0.15, -0.1) is 0 Å². The summed E-state index contributed by atoms with van der Waals surface area (Å²) in [7, 11) is 0. The summed E-state index contributed by atoms with van der Waals surface area (Å²) < 4.78 is 0. The van der Waals surface area contributed by atoms with E-state index in [1.165, 1.54) is 5.56 Å². The van der Waals surface area contributed by atoms with Crippen molar-refractivity contribution in [3.63, 3.8) is 0 Å². The van der Waals surface area contributed by atoms with Crippen molar-refractivity contribution in [2.75, 3.05) is 13.1 Å². The smallest absolute Gasteiger partial charge is 0.309 e. The van der Waals surface area contributed by atoms with Crippen molar-refractivity contribution in [1.29, 1.82) is 0 Å². The van der Waals surface area contributed by atoms with Gasteiger partial charge in [-0.1, -0.05) is 30.3 Å². The Kier molecular flexibility index (Phi) is 3.95. The summed E-state index contributed by atoms with van der Waals surface area (Å²) in [6.07, 6.45) is 0.969. The summed E-state index contributed by atoms with van der Waals surface area (Å²) in [5.74, 6) is -0.456. The third-order valence-corrected chi connectivity index (χ3v) is 4.62. The molecule has 1 N–H and O–H groups in total. The summed E-state index contributed by atoms with van der Waals surface area (Å²) in [6, 6.07) is 10.8. The molecule has 0 aromatic heterocycles. The molecule has 1 fully saturated rings. The minimum Gasteiger partial charge on any atom is -0.481 e. The standard InChI is InChI=1S/C16H23NO2/c1-12(13-7-5-4-6-8-13)17-10-9-14(11-17)16(2,3)15(18)19/h4-8,12,14H,9-11H2,1-3H3,(H,18,19)/t12-,14-/m1/s1. The molecule has 0 radical (unpaired) electrons. The highest BCUT2D eigenvalue weighted by Crippen LogP contribution is 2.37. The number of hydrogen-bond donors (Lipinski definition) is 1. The second-order valence-corrected chi connectivity index (χ2v) is 6.09. The van der Waals surface area contributed by atoms with Gasteiger partial charge in [0.15, 0.2) is 0 Å². The first-order valence-corrected chi connectivity index (χ1v) is 6.95. The minimum atomic E-state index is -0.688. The molecule has 1 aromatic carbocycles. The van der Waals surface area contributed by atoms with Crippen molar-refractivity contribution in [3.05, 3.63) is 35.9 Å². The third kappa shape index (κ3) is 2.81. The van der Waals surface area contributed by atoms with Crippen LogP contribution in [0.3, 0.4) is 0 Å². The van der Waals surface area contributed by atoms with E-state index in [1.807, 2.05) is 19.9 Å². The van der Waals surface area contributed by atoms with E-state index < -0.39 is 11.4 Å². The van der Waals surface area contributed by atoms with Crippen LogP contribution in [0, 0.1) is 11.3 Å². The third-order valence-electron chi connectivity index (χ3n) is 4.62. The van der Waals surface area contributed by atoms with Gasteiger partial charge in [-0.25, -0.2) is 0 Å². The van der Waals surface area contributed by atoms with Gasteiger partial charge in [0.2, 0.25) is 0 Å². The number of nitrogens with zero attached hydrogens (tertiary/aromatic N) is 1. The lowest BCUT2D eigenvalue weighted by Gasteiger charge is -2.29. The van der Waals surface area contributed by atoms with Crippen LogP contribution < -0.4 is 0 Å². The zero-order valence-electron chi connectivity index (χ0n) is 12.0. The van der Waals surface area contributed by atoms with E-state index in [0.29, 0.717) is 6.04 Å². The van der Waals surface area contributed by atoms with E-state index in [9.17, 15) is 9.90 Å². The van der Waals surface area contributed by atoms with Gasteiger partial charge in [0, 0.05) is 12.6 Å². The van der Waals surface area contributed by atoms with E-state index in [0.717, 1.165) is 19.5 Å². The Morgan fingerprint density at radius 1 is 1.37 bits per heavy atom. The summed E-state index contributed by atoms with van der Waals surface area (Å²) in [5, 5.41) is 9.33. The molecule has 1 aromatic rings. The van der Waals surface area contributed by atoms with Crippen LogP contribution in [0.5, 0.6) is 0 Å². The molecule has 1 aliphatic rings. The Bertz CT molecular complexity index is 441. The predicted molar refractivity (Wildman–Crippen MR) is 76.0 cm³/mol. The average Bonchev–Trinajstić information content (AvgIpc) is 2.89. The molecule has 1 heterocycles. The lowest BCUT2D eigenvalue weighted by Crippen LogP contribution is -2.35. The molecule has 19 heavy (non-hydrogen) atoms. The minimum absolute atomic E-state index is 0.233. The average molecular weight is 261 g/mol. The maximum Gasteiger partial charge on any atom is 0.309 e. The maximum absolute atomic E-state index is 11.3. The maximum atomic E-state index is 11.3. The van der Waals surface area contributed by atoms with Gasteiger partial charge in [0.05, 0.1) is 5.41 Å². The van der Waals surface area contributed by atoms with Crippen molar-refractivity contribution < 1.29 is 9.90 Å². The molecule has 0 bridgehead atoms. The molecular formula is C16H23NO2. The van der Waals surface area contributed by atoms with Crippen LogP contribution in [0.15, 0.2) is 30.3 Å². The van der Waals surface area contributed by atoms with E-state index in [2.05, 4.69) is 36.1 Å². The molecule has 0 aliphatic carbocycles. The number of aliphatic carboxylic acids is 1. The van der Waals surface area contributed by atoms with Crippen molar-refractivity contribution in [2.45, 2.75) is 33.2 Å². The molecule has 104 valence electrons. The quantitative estimate of drug-likeness (QED) is 0.905. The van der Waals surface area contributed by atoms with Crippen LogP contribution in [0.4, 0.5) is 0 Å². The molecule has 0 unspecified atom stereocenters. The second kappa shape index (κ2) is 5.33.